The van der Waals surface area contributed by atoms with E-state index in [1.165, 1.54) is 23.8 Å². The molecule has 0 aromatic heterocycles. The molecular formula is C16H23NO2. The summed E-state index contributed by atoms with van der Waals surface area (Å²) in [4.78, 5) is 11.8. The van der Waals surface area contributed by atoms with Gasteiger partial charge in [-0.05, 0) is 43.9 Å². The van der Waals surface area contributed by atoms with Crippen molar-refractivity contribution in [3.05, 3.63) is 34.9 Å². The lowest BCUT2D eigenvalue weighted by molar-refractivity contribution is -0.142. The van der Waals surface area contributed by atoms with Crippen molar-refractivity contribution in [2.24, 2.45) is 0 Å². The van der Waals surface area contributed by atoms with E-state index in [0.29, 0.717) is 6.42 Å². The third kappa shape index (κ3) is 2.81. The Labute approximate surface area is 115 Å². The molecule has 2 rings (SSSR count). The minimum absolute atomic E-state index is 0.141. The van der Waals surface area contributed by atoms with Crippen molar-refractivity contribution in [1.82, 2.24) is 5.32 Å². The normalized spacial score (nSPS) is 21.2. The Kier molecular flexibility index (Phi) is 4.25. The van der Waals surface area contributed by atoms with Crippen LogP contribution in [0.3, 0.4) is 0 Å². The van der Waals surface area contributed by atoms with E-state index in [1.54, 1.807) is 0 Å². The average Bonchev–Trinajstić information content (AvgIpc) is 2.75. The number of fused-ring (bicyclic) bond motifs is 1. The number of carbonyl (C=O) groups excluding carboxylic acids is 1. The zero-order valence-electron chi connectivity index (χ0n) is 12.1. The number of benzene rings is 1. The van der Waals surface area contributed by atoms with Crippen molar-refractivity contribution in [3.63, 3.8) is 0 Å². The molecule has 1 aliphatic carbocycles. The molecule has 19 heavy (non-hydrogen) atoms. The Morgan fingerprint density at radius 3 is 2.95 bits per heavy atom. The Morgan fingerprint density at radius 2 is 2.26 bits per heavy atom. The topological polar surface area (TPSA) is 38.3 Å². The highest BCUT2D eigenvalue weighted by molar-refractivity contribution is 5.71. The zero-order valence-corrected chi connectivity index (χ0v) is 12.1. The molecule has 0 saturated carbocycles. The molecule has 1 aromatic carbocycles. The predicted octanol–water partition coefficient (Wildman–Crippen LogP) is 2.70. The number of methoxy groups -OCH3 is 1. The molecule has 0 aliphatic heterocycles. The van der Waals surface area contributed by atoms with Gasteiger partial charge in [-0.2, -0.15) is 0 Å². The van der Waals surface area contributed by atoms with Crippen molar-refractivity contribution in [2.75, 3.05) is 13.7 Å². The lowest BCUT2D eigenvalue weighted by Crippen LogP contribution is -2.43. The Hall–Kier alpha value is -1.35. The van der Waals surface area contributed by atoms with E-state index in [1.807, 2.05) is 0 Å². The third-order valence-electron chi connectivity index (χ3n) is 3.99. The van der Waals surface area contributed by atoms with E-state index in [2.05, 4.69) is 37.4 Å². The monoisotopic (exact) mass is 261 g/mol. The van der Waals surface area contributed by atoms with Gasteiger partial charge in [0.05, 0.1) is 19.1 Å². The quantitative estimate of drug-likeness (QED) is 0.828. The molecule has 3 nitrogen and oxygen atoms in total. The zero-order chi connectivity index (χ0) is 13.9. The van der Waals surface area contributed by atoms with Gasteiger partial charge < -0.3 is 10.1 Å². The van der Waals surface area contributed by atoms with Gasteiger partial charge in [0.1, 0.15) is 0 Å². The lowest BCUT2D eigenvalue weighted by atomic mass is 9.87. The summed E-state index contributed by atoms with van der Waals surface area (Å²) >= 11 is 0. The molecule has 3 heteroatoms. The van der Waals surface area contributed by atoms with Gasteiger partial charge in [-0.25, -0.2) is 0 Å². The van der Waals surface area contributed by atoms with Crippen molar-refractivity contribution >= 4 is 5.97 Å². The first-order valence-corrected chi connectivity index (χ1v) is 7.03. The molecule has 1 unspecified atom stereocenters. The molecular weight excluding hydrogens is 238 g/mol. The summed E-state index contributed by atoms with van der Waals surface area (Å²) in [5, 5.41) is 3.59. The molecule has 1 aliphatic rings. The van der Waals surface area contributed by atoms with E-state index in [0.717, 1.165) is 25.8 Å². The third-order valence-corrected chi connectivity index (χ3v) is 3.99. The number of hydrogen-bond acceptors (Lipinski definition) is 3. The van der Waals surface area contributed by atoms with E-state index < -0.39 is 0 Å². The van der Waals surface area contributed by atoms with Gasteiger partial charge in [-0.3, -0.25) is 4.79 Å². The van der Waals surface area contributed by atoms with Crippen LogP contribution in [0.25, 0.3) is 0 Å². The molecule has 0 amide bonds. The molecule has 1 N–H and O–H groups in total. The van der Waals surface area contributed by atoms with Crippen molar-refractivity contribution in [3.8, 4) is 0 Å². The second-order valence-electron chi connectivity index (χ2n) is 5.42. The molecule has 0 fully saturated rings. The highest BCUT2D eigenvalue weighted by Gasteiger charge is 2.40. The molecule has 1 aromatic rings. The van der Waals surface area contributed by atoms with Gasteiger partial charge in [0.25, 0.3) is 0 Å². The Morgan fingerprint density at radius 1 is 1.47 bits per heavy atom. The lowest BCUT2D eigenvalue weighted by Gasteiger charge is -2.31. The number of aryl methyl sites for hydroxylation is 2. The van der Waals surface area contributed by atoms with Crippen LogP contribution in [0.5, 0.6) is 0 Å². The fourth-order valence-electron chi connectivity index (χ4n) is 2.95. The van der Waals surface area contributed by atoms with Crippen LogP contribution >= 0.6 is 0 Å². The van der Waals surface area contributed by atoms with Gasteiger partial charge in [0.2, 0.25) is 0 Å². The Balaban J connectivity index is 2.35. The minimum Gasteiger partial charge on any atom is -0.469 e. The van der Waals surface area contributed by atoms with E-state index in [-0.39, 0.29) is 11.5 Å². The molecule has 0 bridgehead atoms. The smallest absolute Gasteiger partial charge is 0.307 e. The summed E-state index contributed by atoms with van der Waals surface area (Å²) in [6.07, 6.45) is 3.48. The summed E-state index contributed by atoms with van der Waals surface area (Å²) in [5.74, 6) is -0.141. The highest BCUT2D eigenvalue weighted by atomic mass is 16.5. The first kappa shape index (κ1) is 14.1. The first-order chi connectivity index (χ1) is 9.11. The number of esters is 1. The maximum atomic E-state index is 11.8. The number of nitrogens with one attached hydrogen (secondary N) is 1. The van der Waals surface area contributed by atoms with Crippen LogP contribution in [-0.2, 0) is 21.5 Å². The van der Waals surface area contributed by atoms with Crippen LogP contribution in [0.1, 0.15) is 42.9 Å². The second kappa shape index (κ2) is 5.74. The summed E-state index contributed by atoms with van der Waals surface area (Å²) in [6.45, 7) is 5.16. The molecule has 104 valence electrons. The summed E-state index contributed by atoms with van der Waals surface area (Å²) in [7, 11) is 1.46. The number of hydrogen-bond donors (Lipinski definition) is 1. The maximum absolute atomic E-state index is 11.8. The average molecular weight is 261 g/mol. The van der Waals surface area contributed by atoms with Crippen LogP contribution in [0.15, 0.2) is 18.2 Å². The molecule has 0 heterocycles. The van der Waals surface area contributed by atoms with Gasteiger partial charge in [0, 0.05) is 0 Å². The van der Waals surface area contributed by atoms with Crippen LogP contribution in [0.2, 0.25) is 0 Å². The molecule has 0 spiro atoms. The molecule has 0 saturated heterocycles. The summed E-state index contributed by atoms with van der Waals surface area (Å²) in [5.41, 5.74) is 3.66. The maximum Gasteiger partial charge on any atom is 0.307 e. The Bertz CT molecular complexity index is 470. The van der Waals surface area contributed by atoms with Crippen molar-refractivity contribution < 1.29 is 9.53 Å². The van der Waals surface area contributed by atoms with Gasteiger partial charge in [-0.15, -0.1) is 0 Å². The highest BCUT2D eigenvalue weighted by Crippen LogP contribution is 2.40. The van der Waals surface area contributed by atoms with Crippen molar-refractivity contribution in [1.29, 1.82) is 0 Å². The molecule has 0 radical (unpaired) electrons. The predicted molar refractivity (Wildman–Crippen MR) is 76.1 cm³/mol. The van der Waals surface area contributed by atoms with Crippen molar-refractivity contribution in [2.45, 2.75) is 45.1 Å². The SMILES string of the molecule is CCCNC1(CC(=O)OC)CCc2ccc(C)cc21. The van der Waals surface area contributed by atoms with Gasteiger partial charge >= 0.3 is 5.97 Å². The number of ether oxygens (including phenoxy) is 1. The first-order valence-electron chi connectivity index (χ1n) is 7.03. The van der Waals surface area contributed by atoms with Gasteiger partial charge in [0.15, 0.2) is 0 Å². The fourth-order valence-corrected chi connectivity index (χ4v) is 2.95. The largest absolute Gasteiger partial charge is 0.469 e. The fraction of sp³-hybridized carbons (Fsp3) is 0.562. The molecule has 1 atom stereocenters. The standard InChI is InChI=1S/C16H23NO2/c1-4-9-17-16(11-15(18)19-3)8-7-13-6-5-12(2)10-14(13)16/h5-6,10,17H,4,7-9,11H2,1-3H3. The summed E-state index contributed by atoms with van der Waals surface area (Å²) < 4.78 is 4.88. The second-order valence-corrected chi connectivity index (χ2v) is 5.42. The van der Waals surface area contributed by atoms with Crippen LogP contribution in [0.4, 0.5) is 0 Å². The number of carbonyl (C=O) groups is 1. The van der Waals surface area contributed by atoms with E-state index in [9.17, 15) is 4.79 Å². The van der Waals surface area contributed by atoms with E-state index in [4.69, 9.17) is 4.74 Å². The minimum atomic E-state index is -0.232. The van der Waals surface area contributed by atoms with Crippen LogP contribution < -0.4 is 5.32 Å². The van der Waals surface area contributed by atoms with Crippen LogP contribution in [-0.4, -0.2) is 19.6 Å². The van der Waals surface area contributed by atoms with Gasteiger partial charge in [-0.1, -0.05) is 30.7 Å². The summed E-state index contributed by atoms with van der Waals surface area (Å²) in [6, 6.07) is 6.55. The van der Waals surface area contributed by atoms with E-state index >= 15 is 0 Å². The number of rotatable bonds is 5. The van der Waals surface area contributed by atoms with Crippen LogP contribution in [0, 0.1) is 6.92 Å².